The molecule has 0 N–H and O–H groups in total. The van der Waals surface area contributed by atoms with Gasteiger partial charge in [0, 0.05) is 12.6 Å². The average molecular weight is 271 g/mol. The number of carbonyl (C=O) groups excluding carboxylic acids is 1. The number of carbonyl (C=O) groups is 1. The van der Waals surface area contributed by atoms with Crippen molar-refractivity contribution >= 4 is 12.0 Å². The van der Waals surface area contributed by atoms with Gasteiger partial charge in [0.25, 0.3) is 0 Å². The first-order chi connectivity index (χ1) is 9.74. The van der Waals surface area contributed by atoms with Crippen LogP contribution >= 0.6 is 0 Å². The van der Waals surface area contributed by atoms with Gasteiger partial charge < -0.3 is 14.4 Å². The normalized spacial score (nSPS) is 12.4. The third kappa shape index (κ3) is 3.33. The average Bonchev–Trinajstić information content (AvgIpc) is 2.92. The van der Waals surface area contributed by atoms with Gasteiger partial charge in [-0.3, -0.25) is 4.79 Å². The van der Waals surface area contributed by atoms with Crippen LogP contribution in [0.25, 0.3) is 6.08 Å². The molecule has 2 rings (SSSR count). The minimum Gasteiger partial charge on any atom is -0.454 e. The zero-order valence-electron chi connectivity index (χ0n) is 11.5. The molecule has 1 aromatic carbocycles. The molecule has 4 nitrogen and oxygen atoms in total. The van der Waals surface area contributed by atoms with Crippen molar-refractivity contribution in [3.8, 4) is 23.8 Å². The van der Waals surface area contributed by atoms with Crippen molar-refractivity contribution in [3.63, 3.8) is 0 Å². The molecule has 0 spiro atoms. The van der Waals surface area contributed by atoms with Crippen LogP contribution in [0.4, 0.5) is 0 Å². The maximum Gasteiger partial charge on any atom is 0.247 e. The Morgan fingerprint density at radius 2 is 2.25 bits per heavy atom. The number of fused-ring (bicyclic) bond motifs is 1. The molecule has 0 atom stereocenters. The zero-order valence-corrected chi connectivity index (χ0v) is 11.5. The summed E-state index contributed by atoms with van der Waals surface area (Å²) in [4.78, 5) is 13.7. The van der Waals surface area contributed by atoms with Crippen LogP contribution in [0.2, 0.25) is 0 Å². The van der Waals surface area contributed by atoms with Crippen molar-refractivity contribution in [2.75, 3.05) is 19.9 Å². The van der Waals surface area contributed by atoms with E-state index in [0.29, 0.717) is 18.8 Å². The van der Waals surface area contributed by atoms with E-state index < -0.39 is 0 Å². The summed E-state index contributed by atoms with van der Waals surface area (Å²) in [6.45, 7) is 3.25. The van der Waals surface area contributed by atoms with E-state index in [1.54, 1.807) is 11.0 Å². The number of benzene rings is 1. The van der Waals surface area contributed by atoms with Gasteiger partial charge in [-0.15, -0.1) is 6.42 Å². The topological polar surface area (TPSA) is 38.8 Å². The van der Waals surface area contributed by atoms with E-state index in [4.69, 9.17) is 15.9 Å². The van der Waals surface area contributed by atoms with Gasteiger partial charge in [0.2, 0.25) is 12.7 Å². The van der Waals surface area contributed by atoms with Crippen LogP contribution in [0.15, 0.2) is 24.3 Å². The van der Waals surface area contributed by atoms with E-state index in [0.717, 1.165) is 17.7 Å². The van der Waals surface area contributed by atoms with Gasteiger partial charge in [0.15, 0.2) is 11.5 Å². The molecule has 1 aliphatic rings. The van der Waals surface area contributed by atoms with Crippen molar-refractivity contribution in [2.45, 2.75) is 13.3 Å². The van der Waals surface area contributed by atoms with E-state index in [1.807, 2.05) is 25.1 Å². The number of terminal acetylenes is 1. The molecule has 0 aliphatic carbocycles. The van der Waals surface area contributed by atoms with Gasteiger partial charge in [-0.25, -0.2) is 0 Å². The Labute approximate surface area is 119 Å². The largest absolute Gasteiger partial charge is 0.454 e. The predicted octanol–water partition coefficient (Wildman–Crippen LogP) is 2.30. The lowest BCUT2D eigenvalue weighted by atomic mass is 10.2. The Kier molecular flexibility index (Phi) is 4.67. The van der Waals surface area contributed by atoms with E-state index >= 15 is 0 Å². The first kappa shape index (κ1) is 14.0. The molecule has 1 aliphatic heterocycles. The van der Waals surface area contributed by atoms with E-state index in [1.165, 1.54) is 6.08 Å². The van der Waals surface area contributed by atoms with Crippen LogP contribution in [0, 0.1) is 12.3 Å². The fourth-order valence-corrected chi connectivity index (χ4v) is 1.94. The number of nitrogens with zero attached hydrogens (tertiary/aromatic N) is 1. The molecule has 4 heteroatoms. The SMILES string of the molecule is C#CCN(CCC)C(=O)/C=C/c1ccc2c(c1)OCO2. The predicted molar refractivity (Wildman–Crippen MR) is 77.3 cm³/mol. The van der Waals surface area contributed by atoms with Crippen molar-refractivity contribution in [1.82, 2.24) is 4.90 Å². The monoisotopic (exact) mass is 271 g/mol. The fourth-order valence-electron chi connectivity index (χ4n) is 1.94. The Bertz CT molecular complexity index is 557. The Hall–Kier alpha value is -2.41. The summed E-state index contributed by atoms with van der Waals surface area (Å²) in [6.07, 6.45) is 9.43. The molecule has 104 valence electrons. The number of amides is 1. The second-order valence-electron chi connectivity index (χ2n) is 4.41. The van der Waals surface area contributed by atoms with Gasteiger partial charge in [-0.1, -0.05) is 18.9 Å². The number of rotatable bonds is 5. The molecule has 1 heterocycles. The van der Waals surface area contributed by atoms with Gasteiger partial charge in [0.05, 0.1) is 6.54 Å². The molecular weight excluding hydrogens is 254 g/mol. The highest BCUT2D eigenvalue weighted by Crippen LogP contribution is 2.32. The Morgan fingerprint density at radius 1 is 1.45 bits per heavy atom. The minimum atomic E-state index is -0.0810. The fraction of sp³-hybridized carbons (Fsp3) is 0.312. The molecule has 1 amide bonds. The number of hydrogen-bond acceptors (Lipinski definition) is 3. The molecular formula is C16H17NO3. The summed E-state index contributed by atoms with van der Waals surface area (Å²) in [5, 5.41) is 0. The smallest absolute Gasteiger partial charge is 0.247 e. The Balaban J connectivity index is 2.04. The van der Waals surface area contributed by atoms with Crippen LogP contribution < -0.4 is 9.47 Å². The summed E-state index contributed by atoms with van der Waals surface area (Å²) in [5.74, 6) is 3.85. The summed E-state index contributed by atoms with van der Waals surface area (Å²) >= 11 is 0. The lowest BCUT2D eigenvalue weighted by Gasteiger charge is -2.17. The zero-order chi connectivity index (χ0) is 14.4. The lowest BCUT2D eigenvalue weighted by molar-refractivity contribution is -0.125. The number of ether oxygens (including phenoxy) is 2. The lowest BCUT2D eigenvalue weighted by Crippen LogP contribution is -2.30. The van der Waals surface area contributed by atoms with E-state index in [-0.39, 0.29) is 12.7 Å². The van der Waals surface area contributed by atoms with Crippen LogP contribution in [0.1, 0.15) is 18.9 Å². The molecule has 0 saturated heterocycles. The van der Waals surface area contributed by atoms with Crippen molar-refractivity contribution in [3.05, 3.63) is 29.8 Å². The summed E-state index contributed by atoms with van der Waals surface area (Å²) in [5.41, 5.74) is 0.889. The minimum absolute atomic E-state index is 0.0810. The molecule has 1 aromatic rings. The third-order valence-corrected chi connectivity index (χ3v) is 2.90. The summed E-state index contributed by atoms with van der Waals surface area (Å²) in [7, 11) is 0. The maximum absolute atomic E-state index is 12.0. The van der Waals surface area contributed by atoms with Crippen LogP contribution in [-0.4, -0.2) is 30.7 Å². The van der Waals surface area contributed by atoms with Gasteiger partial charge in [-0.05, 0) is 30.2 Å². The molecule has 0 saturated carbocycles. The van der Waals surface area contributed by atoms with Crippen molar-refractivity contribution in [2.24, 2.45) is 0 Å². The second-order valence-corrected chi connectivity index (χ2v) is 4.41. The van der Waals surface area contributed by atoms with Gasteiger partial charge in [0.1, 0.15) is 0 Å². The van der Waals surface area contributed by atoms with Gasteiger partial charge >= 0.3 is 0 Å². The van der Waals surface area contributed by atoms with Crippen molar-refractivity contribution in [1.29, 1.82) is 0 Å². The number of hydrogen-bond donors (Lipinski definition) is 0. The summed E-state index contributed by atoms with van der Waals surface area (Å²) < 4.78 is 10.5. The maximum atomic E-state index is 12.0. The first-order valence-corrected chi connectivity index (χ1v) is 6.54. The van der Waals surface area contributed by atoms with E-state index in [9.17, 15) is 4.79 Å². The highest BCUT2D eigenvalue weighted by Gasteiger charge is 2.12. The Morgan fingerprint density at radius 3 is 3.00 bits per heavy atom. The third-order valence-electron chi connectivity index (χ3n) is 2.90. The quantitative estimate of drug-likeness (QED) is 0.609. The second kappa shape index (κ2) is 6.67. The summed E-state index contributed by atoms with van der Waals surface area (Å²) in [6, 6.07) is 5.55. The highest BCUT2D eigenvalue weighted by molar-refractivity contribution is 5.92. The standard InChI is InChI=1S/C16H17NO3/c1-3-9-17(10-4-2)16(18)8-6-13-5-7-14-15(11-13)20-12-19-14/h1,5-8,11H,4,9-10,12H2,2H3/b8-6+. The molecule has 0 aromatic heterocycles. The molecule has 0 unspecified atom stereocenters. The van der Waals surface area contributed by atoms with Crippen molar-refractivity contribution < 1.29 is 14.3 Å². The molecule has 0 fully saturated rings. The highest BCUT2D eigenvalue weighted by atomic mass is 16.7. The van der Waals surface area contributed by atoms with Crippen LogP contribution in [0.3, 0.4) is 0 Å². The van der Waals surface area contributed by atoms with Crippen LogP contribution in [0.5, 0.6) is 11.5 Å². The van der Waals surface area contributed by atoms with Gasteiger partial charge in [-0.2, -0.15) is 0 Å². The molecule has 0 bridgehead atoms. The van der Waals surface area contributed by atoms with Crippen LogP contribution in [-0.2, 0) is 4.79 Å². The molecule has 0 radical (unpaired) electrons. The van der Waals surface area contributed by atoms with E-state index in [2.05, 4.69) is 5.92 Å². The first-order valence-electron chi connectivity index (χ1n) is 6.54. The molecule has 20 heavy (non-hydrogen) atoms.